The summed E-state index contributed by atoms with van der Waals surface area (Å²) < 4.78 is 26.1. The molecule has 2 amide bonds. The number of hydrogen-bond donors (Lipinski definition) is 3. The molecular formula is C21H27N5O3S. The maximum atomic E-state index is 13.1. The average molecular weight is 430 g/mol. The Bertz CT molecular complexity index is 969. The monoisotopic (exact) mass is 429 g/mol. The Morgan fingerprint density at radius 2 is 1.87 bits per heavy atom. The fraction of sp³-hybridized carbons (Fsp3) is 0.333. The van der Waals surface area contributed by atoms with Gasteiger partial charge in [-0.25, -0.2) is 18.2 Å². The normalized spacial score (nSPS) is 15.9. The molecular weight excluding hydrogens is 402 g/mol. The first kappa shape index (κ1) is 21.8. The number of benzene rings is 1. The number of nitrogens with two attached hydrogens (primary N) is 1. The number of piperidine rings is 1. The molecule has 1 aromatic heterocycles. The number of urea groups is 1. The lowest BCUT2D eigenvalue weighted by atomic mass is 10.1. The van der Waals surface area contributed by atoms with Crippen molar-refractivity contribution in [2.45, 2.75) is 36.1 Å². The Morgan fingerprint density at radius 3 is 2.47 bits per heavy atom. The van der Waals surface area contributed by atoms with Gasteiger partial charge in [-0.2, -0.15) is 0 Å². The van der Waals surface area contributed by atoms with E-state index < -0.39 is 21.2 Å². The van der Waals surface area contributed by atoms with Crippen molar-refractivity contribution in [3.05, 3.63) is 60.8 Å². The van der Waals surface area contributed by atoms with Gasteiger partial charge in [-0.3, -0.25) is 4.90 Å². The third-order valence-corrected chi connectivity index (χ3v) is 7.07. The Balaban J connectivity index is 1.61. The van der Waals surface area contributed by atoms with Crippen LogP contribution < -0.4 is 16.4 Å². The summed E-state index contributed by atoms with van der Waals surface area (Å²) in [4.78, 5) is 18.2. The minimum atomic E-state index is -3.58. The molecule has 2 aromatic rings. The maximum absolute atomic E-state index is 13.1. The fourth-order valence-electron chi connectivity index (χ4n) is 3.41. The van der Waals surface area contributed by atoms with E-state index in [1.807, 2.05) is 4.90 Å². The number of rotatable bonds is 7. The van der Waals surface area contributed by atoms with Crippen LogP contribution in [0, 0.1) is 0 Å². The highest BCUT2D eigenvalue weighted by molar-refractivity contribution is 7.92. The molecule has 0 saturated carbocycles. The summed E-state index contributed by atoms with van der Waals surface area (Å²) in [7, 11) is -3.58. The third-order valence-electron chi connectivity index (χ3n) is 5.01. The van der Waals surface area contributed by atoms with Crippen molar-refractivity contribution < 1.29 is 13.2 Å². The minimum Gasteiger partial charge on any atom is -0.384 e. The maximum Gasteiger partial charge on any atom is 0.319 e. The van der Waals surface area contributed by atoms with Crippen molar-refractivity contribution in [2.24, 2.45) is 0 Å². The molecule has 30 heavy (non-hydrogen) atoms. The van der Waals surface area contributed by atoms with Gasteiger partial charge in [0.15, 0.2) is 9.84 Å². The van der Waals surface area contributed by atoms with Gasteiger partial charge in [0.2, 0.25) is 0 Å². The van der Waals surface area contributed by atoms with Gasteiger partial charge in [0.05, 0.1) is 4.90 Å². The number of likely N-dealkylation sites (tertiary alicyclic amines) is 1. The van der Waals surface area contributed by atoms with Crippen molar-refractivity contribution in [1.82, 2.24) is 15.2 Å². The minimum absolute atomic E-state index is 0.205. The lowest BCUT2D eigenvalue weighted by molar-refractivity contribution is 0.229. The SMILES string of the molecule is C=CC(N1CCCCC1)S(=O)(=O)c1ccc(NC(=O)NCc2ccc(N)nc2)cc1. The van der Waals surface area contributed by atoms with Gasteiger partial charge in [-0.15, -0.1) is 6.58 Å². The number of pyridine rings is 1. The average Bonchev–Trinajstić information content (AvgIpc) is 2.75. The molecule has 160 valence electrons. The van der Waals surface area contributed by atoms with Crippen molar-refractivity contribution in [3.63, 3.8) is 0 Å². The summed E-state index contributed by atoms with van der Waals surface area (Å²) in [6, 6.07) is 9.21. The van der Waals surface area contributed by atoms with Gasteiger partial charge < -0.3 is 16.4 Å². The molecule has 0 radical (unpaired) electrons. The lowest BCUT2D eigenvalue weighted by Gasteiger charge is -2.32. The second-order valence-electron chi connectivity index (χ2n) is 7.19. The van der Waals surface area contributed by atoms with Gasteiger partial charge in [-0.1, -0.05) is 18.6 Å². The van der Waals surface area contributed by atoms with Crippen molar-refractivity contribution in [1.29, 1.82) is 0 Å². The number of anilines is 2. The summed E-state index contributed by atoms with van der Waals surface area (Å²) in [5, 5.41) is 4.66. The summed E-state index contributed by atoms with van der Waals surface area (Å²) in [5.41, 5.74) is 6.84. The number of nitrogens with zero attached hydrogens (tertiary/aromatic N) is 2. The molecule has 2 heterocycles. The summed E-state index contributed by atoms with van der Waals surface area (Å²) in [6.45, 7) is 5.53. The van der Waals surface area contributed by atoms with E-state index in [9.17, 15) is 13.2 Å². The zero-order valence-electron chi connectivity index (χ0n) is 16.8. The van der Waals surface area contributed by atoms with Crippen LogP contribution in [-0.4, -0.2) is 42.8 Å². The smallest absolute Gasteiger partial charge is 0.319 e. The second kappa shape index (κ2) is 9.73. The highest BCUT2D eigenvalue weighted by Crippen LogP contribution is 2.24. The number of nitrogen functional groups attached to an aromatic ring is 1. The number of carbonyl (C=O) groups excluding carboxylic acids is 1. The van der Waals surface area contributed by atoms with Crippen LogP contribution in [0.1, 0.15) is 24.8 Å². The van der Waals surface area contributed by atoms with Crippen molar-refractivity contribution in [3.8, 4) is 0 Å². The van der Waals surface area contributed by atoms with E-state index in [0.29, 0.717) is 18.1 Å². The van der Waals surface area contributed by atoms with Gasteiger partial charge >= 0.3 is 6.03 Å². The predicted molar refractivity (Wildman–Crippen MR) is 118 cm³/mol. The summed E-state index contributed by atoms with van der Waals surface area (Å²) >= 11 is 0. The third kappa shape index (κ3) is 5.37. The Hall–Kier alpha value is -2.91. The highest BCUT2D eigenvalue weighted by Gasteiger charge is 2.31. The number of sulfone groups is 1. The number of amides is 2. The van der Waals surface area contributed by atoms with Gasteiger partial charge in [0.25, 0.3) is 0 Å². The van der Waals surface area contributed by atoms with E-state index in [4.69, 9.17) is 5.73 Å². The molecule has 1 atom stereocenters. The van der Waals surface area contributed by atoms with Crippen LogP contribution in [0.3, 0.4) is 0 Å². The molecule has 0 spiro atoms. The molecule has 1 unspecified atom stereocenters. The number of aromatic nitrogens is 1. The van der Waals surface area contributed by atoms with E-state index in [1.165, 1.54) is 18.2 Å². The number of hydrogen-bond acceptors (Lipinski definition) is 6. The molecule has 0 aliphatic carbocycles. The Kier molecular flexibility index (Phi) is 7.07. The molecule has 1 aromatic carbocycles. The molecule has 0 bridgehead atoms. The van der Waals surface area contributed by atoms with E-state index in [-0.39, 0.29) is 4.90 Å². The molecule has 1 aliphatic heterocycles. The quantitative estimate of drug-likeness (QED) is 0.583. The molecule has 8 nitrogen and oxygen atoms in total. The van der Waals surface area contributed by atoms with Crippen molar-refractivity contribution in [2.75, 3.05) is 24.1 Å². The second-order valence-corrected chi connectivity index (χ2v) is 9.24. The molecule has 9 heteroatoms. The van der Waals surface area contributed by atoms with Crippen LogP contribution in [0.4, 0.5) is 16.3 Å². The summed E-state index contributed by atoms with van der Waals surface area (Å²) in [5.74, 6) is 0.414. The molecule has 1 saturated heterocycles. The zero-order chi connectivity index (χ0) is 21.6. The van der Waals surface area contributed by atoms with Crippen LogP contribution in [-0.2, 0) is 16.4 Å². The zero-order valence-corrected chi connectivity index (χ0v) is 17.6. The topological polar surface area (TPSA) is 117 Å². The van der Waals surface area contributed by atoms with E-state index in [0.717, 1.165) is 37.9 Å². The van der Waals surface area contributed by atoms with E-state index in [1.54, 1.807) is 30.5 Å². The fourth-order valence-corrected chi connectivity index (χ4v) is 5.06. The van der Waals surface area contributed by atoms with Crippen LogP contribution >= 0.6 is 0 Å². The van der Waals surface area contributed by atoms with E-state index in [2.05, 4.69) is 22.2 Å². The number of carbonyl (C=O) groups is 1. The largest absolute Gasteiger partial charge is 0.384 e. The first-order valence-corrected chi connectivity index (χ1v) is 11.4. The van der Waals surface area contributed by atoms with Crippen LogP contribution in [0.5, 0.6) is 0 Å². The van der Waals surface area contributed by atoms with Crippen LogP contribution in [0.15, 0.2) is 60.1 Å². The first-order chi connectivity index (χ1) is 14.4. The molecule has 1 aliphatic rings. The standard InChI is InChI=1S/C21H27N5O3S/c1-2-20(26-12-4-3-5-13-26)30(28,29)18-9-7-17(8-10-18)25-21(27)24-15-16-6-11-19(22)23-14-16/h2,6-11,14,20H,1,3-5,12-13,15H2,(H2,22,23)(H2,24,25,27). The van der Waals surface area contributed by atoms with Gasteiger partial charge in [0, 0.05) is 18.4 Å². The summed E-state index contributed by atoms with van der Waals surface area (Å²) in [6.07, 6.45) is 6.19. The lowest BCUT2D eigenvalue weighted by Crippen LogP contribution is -2.42. The van der Waals surface area contributed by atoms with Crippen LogP contribution in [0.25, 0.3) is 0 Å². The molecule has 1 fully saturated rings. The Morgan fingerprint density at radius 1 is 1.17 bits per heavy atom. The van der Waals surface area contributed by atoms with Crippen molar-refractivity contribution >= 4 is 27.4 Å². The molecule has 3 rings (SSSR count). The Labute approximate surface area is 177 Å². The highest BCUT2D eigenvalue weighted by atomic mass is 32.2. The van der Waals surface area contributed by atoms with Gasteiger partial charge in [0.1, 0.15) is 11.2 Å². The number of nitrogens with one attached hydrogen (secondary N) is 2. The first-order valence-electron chi connectivity index (χ1n) is 9.86. The molecule has 4 N–H and O–H groups in total. The van der Waals surface area contributed by atoms with Crippen LogP contribution in [0.2, 0.25) is 0 Å². The predicted octanol–water partition coefficient (Wildman–Crippen LogP) is 2.76. The van der Waals surface area contributed by atoms with Gasteiger partial charge in [-0.05, 0) is 61.8 Å². The van der Waals surface area contributed by atoms with E-state index >= 15 is 0 Å².